The molecule has 0 aromatic heterocycles. The fraction of sp³-hybridized carbons (Fsp3) is 0.739. The highest BCUT2D eigenvalue weighted by molar-refractivity contribution is 5.48. The van der Waals surface area contributed by atoms with E-state index in [1.54, 1.807) is 14.2 Å². The van der Waals surface area contributed by atoms with E-state index in [9.17, 15) is 5.11 Å². The fourth-order valence-electron chi connectivity index (χ4n) is 6.53. The largest absolute Gasteiger partial charge is 0.467 e. The van der Waals surface area contributed by atoms with Gasteiger partial charge in [0.15, 0.2) is 6.79 Å². The molecule has 1 aromatic rings. The maximum Gasteiger partial charge on any atom is 0.188 e. The number of aliphatic hydroxyl groups excluding tert-OH is 1. The minimum atomic E-state index is 0.0215. The van der Waals surface area contributed by atoms with Gasteiger partial charge in [-0.2, -0.15) is 0 Å². The summed E-state index contributed by atoms with van der Waals surface area (Å²) in [6.07, 6.45) is 7.32. The number of aliphatic hydroxyl groups is 1. The molecule has 0 saturated heterocycles. The van der Waals surface area contributed by atoms with Crippen LogP contribution in [0.1, 0.15) is 61.6 Å². The van der Waals surface area contributed by atoms with E-state index in [1.807, 2.05) is 6.07 Å². The molecule has 5 heteroatoms. The first-order valence-corrected chi connectivity index (χ1v) is 10.6. The summed E-state index contributed by atoms with van der Waals surface area (Å²) in [5.41, 5.74) is 3.96. The van der Waals surface area contributed by atoms with Crippen molar-refractivity contribution in [1.82, 2.24) is 0 Å². The summed E-state index contributed by atoms with van der Waals surface area (Å²) in [5, 5.41) is 10.0. The van der Waals surface area contributed by atoms with E-state index in [-0.39, 0.29) is 18.8 Å². The van der Waals surface area contributed by atoms with Gasteiger partial charge in [0.2, 0.25) is 0 Å². The average molecular weight is 391 g/mol. The van der Waals surface area contributed by atoms with Gasteiger partial charge in [0.25, 0.3) is 0 Å². The standard InChI is InChI=1S/C23H34O5/c1-23-11-10-17-15-6-8-21(27-13-25-2)19(12-24)16(15)4-5-18(17)20(23)7-9-22(23)28-14-26-3/h6,8,17-18,20,22,24H,4-5,7,9-14H2,1-3H3/t17-,18-,20+,22+,23+/m1/s1. The second-order valence-electron chi connectivity index (χ2n) is 8.92. The lowest BCUT2D eigenvalue weighted by atomic mass is 9.55. The smallest absolute Gasteiger partial charge is 0.188 e. The molecule has 2 saturated carbocycles. The van der Waals surface area contributed by atoms with E-state index in [4.69, 9.17) is 18.9 Å². The van der Waals surface area contributed by atoms with Crippen LogP contribution < -0.4 is 4.74 Å². The van der Waals surface area contributed by atoms with E-state index in [1.165, 1.54) is 36.8 Å². The highest BCUT2D eigenvalue weighted by Gasteiger charge is 2.55. The summed E-state index contributed by atoms with van der Waals surface area (Å²) >= 11 is 0. The summed E-state index contributed by atoms with van der Waals surface area (Å²) in [4.78, 5) is 0. The van der Waals surface area contributed by atoms with Crippen LogP contribution in [0.5, 0.6) is 5.75 Å². The van der Waals surface area contributed by atoms with Crippen molar-refractivity contribution in [2.75, 3.05) is 27.8 Å². The molecular formula is C23H34O5. The van der Waals surface area contributed by atoms with Crippen molar-refractivity contribution in [3.05, 3.63) is 28.8 Å². The van der Waals surface area contributed by atoms with E-state index in [0.29, 0.717) is 30.7 Å². The number of hydrogen-bond donors (Lipinski definition) is 1. The number of ether oxygens (including phenoxy) is 4. The van der Waals surface area contributed by atoms with Crippen LogP contribution in [0.25, 0.3) is 0 Å². The third kappa shape index (κ3) is 3.26. The molecular weight excluding hydrogens is 356 g/mol. The third-order valence-electron chi connectivity index (χ3n) is 7.78. The van der Waals surface area contributed by atoms with Crippen LogP contribution in [0.2, 0.25) is 0 Å². The molecule has 0 amide bonds. The van der Waals surface area contributed by atoms with Crippen LogP contribution >= 0.6 is 0 Å². The number of benzene rings is 1. The number of rotatable bonds is 7. The molecule has 1 N–H and O–H groups in total. The Bertz CT molecular complexity index is 690. The molecule has 4 rings (SSSR count). The Morgan fingerprint density at radius 1 is 1.07 bits per heavy atom. The summed E-state index contributed by atoms with van der Waals surface area (Å²) in [6, 6.07) is 4.27. The minimum Gasteiger partial charge on any atom is -0.467 e. The second-order valence-corrected chi connectivity index (χ2v) is 8.92. The quantitative estimate of drug-likeness (QED) is 0.713. The van der Waals surface area contributed by atoms with Gasteiger partial charge in [-0.05, 0) is 78.9 Å². The summed E-state index contributed by atoms with van der Waals surface area (Å²) in [6.45, 7) is 3.07. The molecule has 0 radical (unpaired) electrons. The van der Waals surface area contributed by atoms with Gasteiger partial charge in [0, 0.05) is 19.8 Å². The fourth-order valence-corrected chi connectivity index (χ4v) is 6.53. The highest BCUT2D eigenvalue weighted by atomic mass is 16.7. The van der Waals surface area contributed by atoms with Gasteiger partial charge in [0.1, 0.15) is 12.5 Å². The van der Waals surface area contributed by atoms with E-state index in [2.05, 4.69) is 13.0 Å². The van der Waals surface area contributed by atoms with Crippen LogP contribution in [-0.2, 0) is 27.2 Å². The third-order valence-corrected chi connectivity index (χ3v) is 7.78. The molecule has 3 aliphatic carbocycles. The molecule has 0 bridgehead atoms. The van der Waals surface area contributed by atoms with E-state index < -0.39 is 0 Å². The molecule has 5 atom stereocenters. The lowest BCUT2D eigenvalue weighted by molar-refractivity contribution is -0.125. The predicted octanol–water partition coefficient (Wildman–Crippen LogP) is 4.01. The molecule has 0 spiro atoms. The predicted molar refractivity (Wildman–Crippen MR) is 106 cm³/mol. The van der Waals surface area contributed by atoms with Gasteiger partial charge >= 0.3 is 0 Å². The zero-order valence-electron chi connectivity index (χ0n) is 17.4. The van der Waals surface area contributed by atoms with Gasteiger partial charge in [0.05, 0.1) is 12.7 Å². The highest BCUT2D eigenvalue weighted by Crippen LogP contribution is 2.61. The Hall–Kier alpha value is -1.14. The first-order chi connectivity index (χ1) is 13.6. The topological polar surface area (TPSA) is 57.2 Å². The molecule has 156 valence electrons. The Morgan fingerprint density at radius 3 is 2.64 bits per heavy atom. The van der Waals surface area contributed by atoms with Crippen molar-refractivity contribution in [3.63, 3.8) is 0 Å². The maximum atomic E-state index is 10.0. The number of fused-ring (bicyclic) bond motifs is 5. The molecule has 28 heavy (non-hydrogen) atoms. The Kier molecular flexibility index (Phi) is 5.98. The monoisotopic (exact) mass is 390 g/mol. The molecule has 0 unspecified atom stereocenters. The zero-order chi connectivity index (χ0) is 19.7. The summed E-state index contributed by atoms with van der Waals surface area (Å²) in [5.74, 6) is 2.77. The first-order valence-electron chi connectivity index (χ1n) is 10.6. The second kappa shape index (κ2) is 8.31. The van der Waals surface area contributed by atoms with Crippen molar-refractivity contribution in [2.24, 2.45) is 17.3 Å². The average Bonchev–Trinajstić information content (AvgIpc) is 3.06. The van der Waals surface area contributed by atoms with E-state index in [0.717, 1.165) is 24.2 Å². The van der Waals surface area contributed by atoms with Gasteiger partial charge in [-0.3, -0.25) is 0 Å². The molecule has 3 aliphatic rings. The van der Waals surface area contributed by atoms with Crippen molar-refractivity contribution < 1.29 is 24.1 Å². The van der Waals surface area contributed by atoms with Crippen LogP contribution in [0.4, 0.5) is 0 Å². The SMILES string of the molecule is COCOc1ccc2c(c1CO)CC[C@@H]1[C@@H]2CC[C@]2(C)[C@@H](OCOC)CC[C@@H]12. The van der Waals surface area contributed by atoms with Crippen molar-refractivity contribution in [1.29, 1.82) is 0 Å². The van der Waals surface area contributed by atoms with Gasteiger partial charge in [-0.25, -0.2) is 0 Å². The first kappa shape index (κ1) is 20.1. The maximum absolute atomic E-state index is 10.0. The van der Waals surface area contributed by atoms with Gasteiger partial charge in [-0.1, -0.05) is 13.0 Å². The lowest BCUT2D eigenvalue weighted by Crippen LogP contribution is -2.45. The Balaban J connectivity index is 1.59. The van der Waals surface area contributed by atoms with Crippen molar-refractivity contribution in [3.8, 4) is 5.75 Å². The molecule has 0 heterocycles. The zero-order valence-corrected chi connectivity index (χ0v) is 17.4. The van der Waals surface area contributed by atoms with Crippen LogP contribution in [0.3, 0.4) is 0 Å². The van der Waals surface area contributed by atoms with E-state index >= 15 is 0 Å². The molecule has 5 nitrogen and oxygen atoms in total. The molecule has 2 fully saturated rings. The van der Waals surface area contributed by atoms with Crippen LogP contribution in [0.15, 0.2) is 12.1 Å². The van der Waals surface area contributed by atoms with Crippen LogP contribution in [-0.4, -0.2) is 39.0 Å². The number of hydrogen-bond acceptors (Lipinski definition) is 5. The van der Waals surface area contributed by atoms with Crippen LogP contribution in [0, 0.1) is 17.3 Å². The molecule has 0 aliphatic heterocycles. The summed E-state index contributed by atoms with van der Waals surface area (Å²) < 4.78 is 22.0. The van der Waals surface area contributed by atoms with Crippen molar-refractivity contribution in [2.45, 2.75) is 64.1 Å². The van der Waals surface area contributed by atoms with Gasteiger partial charge in [-0.15, -0.1) is 0 Å². The number of methoxy groups -OCH3 is 2. The van der Waals surface area contributed by atoms with Crippen molar-refractivity contribution >= 4 is 0 Å². The Labute approximate surface area is 168 Å². The molecule has 1 aromatic carbocycles. The normalized spacial score (nSPS) is 33.9. The Morgan fingerprint density at radius 2 is 1.89 bits per heavy atom. The summed E-state index contributed by atoms with van der Waals surface area (Å²) in [7, 11) is 3.32. The minimum absolute atomic E-state index is 0.0215. The van der Waals surface area contributed by atoms with Gasteiger partial charge < -0.3 is 24.1 Å². The lowest BCUT2D eigenvalue weighted by Gasteiger charge is -2.51.